The standard InChI is InChI=1S/C18H12ClN3O5/c19-15-7-2-1-6-14(15)18-20-16(27-21-18)11-26-17(23)9-8-12-4-3-5-13(10-12)22(24)25/h1-10H,11H2/b9-8+. The molecular weight excluding hydrogens is 374 g/mol. The van der Waals surface area contributed by atoms with Crippen molar-refractivity contribution in [2.24, 2.45) is 0 Å². The number of carbonyl (C=O) groups is 1. The van der Waals surface area contributed by atoms with Gasteiger partial charge in [0.05, 0.1) is 9.95 Å². The summed E-state index contributed by atoms with van der Waals surface area (Å²) in [5.74, 6) is -0.250. The number of esters is 1. The van der Waals surface area contributed by atoms with Crippen molar-refractivity contribution in [1.29, 1.82) is 0 Å². The van der Waals surface area contributed by atoms with Crippen molar-refractivity contribution in [3.05, 3.63) is 81.2 Å². The maximum atomic E-state index is 11.8. The van der Waals surface area contributed by atoms with Crippen molar-refractivity contribution in [3.8, 4) is 11.4 Å². The van der Waals surface area contributed by atoms with E-state index < -0.39 is 10.9 Å². The fraction of sp³-hybridized carbons (Fsp3) is 0.0556. The number of nitrogens with zero attached hydrogens (tertiary/aromatic N) is 3. The predicted octanol–water partition coefficient (Wildman–Crippen LogP) is 4.05. The van der Waals surface area contributed by atoms with Crippen LogP contribution in [-0.2, 0) is 16.1 Å². The fourth-order valence-electron chi connectivity index (χ4n) is 2.15. The van der Waals surface area contributed by atoms with Gasteiger partial charge in [-0.05, 0) is 23.8 Å². The van der Waals surface area contributed by atoms with Crippen molar-refractivity contribution in [3.63, 3.8) is 0 Å². The van der Waals surface area contributed by atoms with Crippen molar-refractivity contribution < 1.29 is 19.0 Å². The first-order chi connectivity index (χ1) is 13.0. The van der Waals surface area contributed by atoms with Crippen LogP contribution in [0.5, 0.6) is 0 Å². The van der Waals surface area contributed by atoms with Crippen LogP contribution in [0.3, 0.4) is 0 Å². The Hall–Kier alpha value is -3.52. The highest BCUT2D eigenvalue weighted by atomic mass is 35.5. The molecule has 0 N–H and O–H groups in total. The molecule has 9 heteroatoms. The second kappa shape index (κ2) is 8.24. The molecule has 1 heterocycles. The number of nitro groups is 1. The third-order valence-electron chi connectivity index (χ3n) is 3.41. The van der Waals surface area contributed by atoms with Crippen LogP contribution in [0.2, 0.25) is 5.02 Å². The molecule has 0 bridgehead atoms. The summed E-state index contributed by atoms with van der Waals surface area (Å²) >= 11 is 6.07. The molecule has 3 rings (SSSR count). The number of benzene rings is 2. The molecule has 136 valence electrons. The zero-order valence-corrected chi connectivity index (χ0v) is 14.5. The molecule has 0 aliphatic heterocycles. The molecule has 0 aliphatic rings. The van der Waals surface area contributed by atoms with Gasteiger partial charge in [-0.3, -0.25) is 10.1 Å². The first kappa shape index (κ1) is 18.3. The van der Waals surface area contributed by atoms with Crippen LogP contribution < -0.4 is 0 Å². The molecule has 3 aromatic rings. The third-order valence-corrected chi connectivity index (χ3v) is 3.74. The van der Waals surface area contributed by atoms with Gasteiger partial charge in [-0.25, -0.2) is 4.79 Å². The van der Waals surface area contributed by atoms with Crippen LogP contribution in [0.1, 0.15) is 11.5 Å². The monoisotopic (exact) mass is 385 g/mol. The molecule has 0 aliphatic carbocycles. The average Bonchev–Trinajstić information content (AvgIpc) is 3.14. The van der Waals surface area contributed by atoms with Crippen LogP contribution in [-0.4, -0.2) is 21.0 Å². The van der Waals surface area contributed by atoms with E-state index in [0.29, 0.717) is 22.0 Å². The number of aromatic nitrogens is 2. The van der Waals surface area contributed by atoms with Gasteiger partial charge in [0.1, 0.15) is 0 Å². The number of ether oxygens (including phenoxy) is 1. The summed E-state index contributed by atoms with van der Waals surface area (Å²) in [6, 6.07) is 12.9. The Labute approximate surface area is 158 Å². The van der Waals surface area contributed by atoms with Crippen LogP contribution in [0.4, 0.5) is 5.69 Å². The number of nitro benzene ring substituents is 1. The van der Waals surface area contributed by atoms with Crippen LogP contribution in [0, 0.1) is 10.1 Å². The van der Waals surface area contributed by atoms with E-state index in [1.54, 1.807) is 30.3 Å². The van der Waals surface area contributed by atoms with E-state index in [1.165, 1.54) is 24.3 Å². The molecule has 0 unspecified atom stereocenters. The van der Waals surface area contributed by atoms with Gasteiger partial charge in [-0.1, -0.05) is 41.0 Å². The van der Waals surface area contributed by atoms with E-state index in [2.05, 4.69) is 10.1 Å². The van der Waals surface area contributed by atoms with Gasteiger partial charge in [0.2, 0.25) is 5.82 Å². The Morgan fingerprint density at radius 2 is 2.07 bits per heavy atom. The second-order valence-corrected chi connectivity index (χ2v) is 5.69. The molecule has 0 saturated carbocycles. The van der Waals surface area contributed by atoms with E-state index in [0.717, 1.165) is 6.08 Å². The molecule has 0 spiro atoms. The Morgan fingerprint density at radius 3 is 2.85 bits per heavy atom. The van der Waals surface area contributed by atoms with Crippen molar-refractivity contribution in [2.75, 3.05) is 0 Å². The average molecular weight is 386 g/mol. The quantitative estimate of drug-likeness (QED) is 0.272. The smallest absolute Gasteiger partial charge is 0.331 e. The van der Waals surface area contributed by atoms with Crippen LogP contribution in [0.15, 0.2) is 59.1 Å². The highest BCUT2D eigenvalue weighted by Crippen LogP contribution is 2.24. The van der Waals surface area contributed by atoms with Crippen molar-refractivity contribution >= 4 is 29.3 Å². The molecule has 27 heavy (non-hydrogen) atoms. The first-order valence-electron chi connectivity index (χ1n) is 7.70. The van der Waals surface area contributed by atoms with Gasteiger partial charge in [-0.2, -0.15) is 4.98 Å². The maximum absolute atomic E-state index is 11.8. The number of rotatable bonds is 6. The largest absolute Gasteiger partial charge is 0.452 e. The number of hydrogen-bond acceptors (Lipinski definition) is 7. The Bertz CT molecular complexity index is 1020. The highest BCUT2D eigenvalue weighted by molar-refractivity contribution is 6.33. The van der Waals surface area contributed by atoms with E-state index in [9.17, 15) is 14.9 Å². The third kappa shape index (κ3) is 4.77. The summed E-state index contributed by atoms with van der Waals surface area (Å²) in [7, 11) is 0. The summed E-state index contributed by atoms with van der Waals surface area (Å²) in [6.07, 6.45) is 2.57. The van der Waals surface area contributed by atoms with E-state index in [4.69, 9.17) is 20.9 Å². The molecule has 2 aromatic carbocycles. The molecular formula is C18H12ClN3O5. The van der Waals surface area contributed by atoms with Gasteiger partial charge in [-0.15, -0.1) is 0 Å². The topological polar surface area (TPSA) is 108 Å². The molecule has 1 aromatic heterocycles. The zero-order valence-electron chi connectivity index (χ0n) is 13.7. The lowest BCUT2D eigenvalue weighted by Gasteiger charge is -1.98. The zero-order chi connectivity index (χ0) is 19.2. The van der Waals surface area contributed by atoms with Gasteiger partial charge in [0, 0.05) is 23.8 Å². The normalized spacial score (nSPS) is 10.9. The number of halogens is 1. The molecule has 0 saturated heterocycles. The van der Waals surface area contributed by atoms with Crippen LogP contribution in [0.25, 0.3) is 17.5 Å². The van der Waals surface area contributed by atoms with E-state index >= 15 is 0 Å². The minimum atomic E-state index is -0.654. The lowest BCUT2D eigenvalue weighted by Crippen LogP contribution is -2.01. The van der Waals surface area contributed by atoms with E-state index in [1.807, 2.05) is 0 Å². The van der Waals surface area contributed by atoms with E-state index in [-0.39, 0.29) is 18.2 Å². The van der Waals surface area contributed by atoms with Gasteiger partial charge in [0.25, 0.3) is 11.6 Å². The first-order valence-corrected chi connectivity index (χ1v) is 8.07. The summed E-state index contributed by atoms with van der Waals surface area (Å²) in [6.45, 7) is -0.213. The molecule has 8 nitrogen and oxygen atoms in total. The summed E-state index contributed by atoms with van der Waals surface area (Å²) in [4.78, 5) is 26.1. The number of non-ortho nitro benzene ring substituents is 1. The lowest BCUT2D eigenvalue weighted by atomic mass is 10.2. The second-order valence-electron chi connectivity index (χ2n) is 5.28. The predicted molar refractivity (Wildman–Crippen MR) is 96.7 cm³/mol. The van der Waals surface area contributed by atoms with Crippen molar-refractivity contribution in [1.82, 2.24) is 10.1 Å². The molecule has 0 atom stereocenters. The Balaban J connectivity index is 1.59. The van der Waals surface area contributed by atoms with Gasteiger partial charge >= 0.3 is 5.97 Å². The Kier molecular flexibility index (Phi) is 5.58. The number of carbonyl (C=O) groups excluding carboxylic acids is 1. The van der Waals surface area contributed by atoms with Gasteiger partial charge < -0.3 is 9.26 Å². The molecule has 0 amide bonds. The summed E-state index contributed by atoms with van der Waals surface area (Å²) < 4.78 is 10.1. The van der Waals surface area contributed by atoms with Crippen molar-refractivity contribution in [2.45, 2.75) is 6.61 Å². The summed E-state index contributed by atoms with van der Waals surface area (Å²) in [5, 5.41) is 15.0. The maximum Gasteiger partial charge on any atom is 0.331 e. The summed E-state index contributed by atoms with van der Waals surface area (Å²) in [5.41, 5.74) is 1.04. The number of hydrogen-bond donors (Lipinski definition) is 0. The molecule has 0 radical (unpaired) electrons. The SMILES string of the molecule is O=C(/C=C/c1cccc([N+](=O)[O-])c1)OCc1nc(-c2ccccc2Cl)no1. The minimum absolute atomic E-state index is 0.0662. The lowest BCUT2D eigenvalue weighted by molar-refractivity contribution is -0.384. The Morgan fingerprint density at radius 1 is 1.26 bits per heavy atom. The fourth-order valence-corrected chi connectivity index (χ4v) is 2.37. The minimum Gasteiger partial charge on any atom is -0.452 e. The molecule has 0 fully saturated rings. The highest BCUT2D eigenvalue weighted by Gasteiger charge is 2.12. The van der Waals surface area contributed by atoms with Gasteiger partial charge in [0.15, 0.2) is 6.61 Å². The van der Waals surface area contributed by atoms with Crippen LogP contribution >= 0.6 is 11.6 Å².